The Hall–Kier alpha value is -1.76. The van der Waals surface area contributed by atoms with E-state index in [0.29, 0.717) is 24.3 Å². The molecular formula is C15H23N3O3S. The van der Waals surface area contributed by atoms with E-state index in [1.54, 1.807) is 12.1 Å². The molecule has 1 aliphatic rings. The lowest BCUT2D eigenvalue weighted by Gasteiger charge is -2.19. The number of carbonyl (C=O) groups is 1. The molecule has 1 atom stereocenters. The van der Waals surface area contributed by atoms with Crippen molar-refractivity contribution in [2.45, 2.75) is 39.7 Å². The molecule has 1 heterocycles. The summed E-state index contributed by atoms with van der Waals surface area (Å²) in [5.41, 5.74) is 2.11. The summed E-state index contributed by atoms with van der Waals surface area (Å²) in [6.45, 7) is 6.29. The highest BCUT2D eigenvalue weighted by atomic mass is 32.2. The maximum absolute atomic E-state index is 12.0. The number of nitrogens with zero attached hydrogens (tertiary/aromatic N) is 1. The molecule has 0 bridgehead atoms. The molecule has 22 heavy (non-hydrogen) atoms. The van der Waals surface area contributed by atoms with Gasteiger partial charge in [0.05, 0.1) is 11.4 Å². The lowest BCUT2D eigenvalue weighted by Crippen LogP contribution is -2.35. The van der Waals surface area contributed by atoms with Crippen molar-refractivity contribution in [2.24, 2.45) is 0 Å². The zero-order valence-electron chi connectivity index (χ0n) is 13.2. The van der Waals surface area contributed by atoms with Gasteiger partial charge in [-0.2, -0.15) is 0 Å². The minimum absolute atomic E-state index is 0.0856. The Morgan fingerprint density at radius 2 is 2.14 bits per heavy atom. The predicted octanol–water partition coefficient (Wildman–Crippen LogP) is 2.45. The van der Waals surface area contributed by atoms with Gasteiger partial charge in [0, 0.05) is 18.3 Å². The van der Waals surface area contributed by atoms with Crippen molar-refractivity contribution in [1.82, 2.24) is 5.32 Å². The maximum atomic E-state index is 12.0. The molecule has 122 valence electrons. The lowest BCUT2D eigenvalue weighted by molar-refractivity contribution is 0.249. The SMILES string of the molecule is CCC(C)NC(=O)Nc1cc(N2CCCS2(=O)=O)ccc1C. The summed E-state index contributed by atoms with van der Waals surface area (Å²) in [6.07, 6.45) is 1.48. The number of rotatable bonds is 4. The van der Waals surface area contributed by atoms with Crippen LogP contribution in [-0.2, 0) is 10.0 Å². The van der Waals surface area contributed by atoms with E-state index < -0.39 is 10.0 Å². The van der Waals surface area contributed by atoms with Crippen LogP contribution in [0, 0.1) is 6.92 Å². The fourth-order valence-electron chi connectivity index (χ4n) is 2.31. The molecule has 0 aromatic heterocycles. The van der Waals surface area contributed by atoms with E-state index in [0.717, 1.165) is 12.0 Å². The third-order valence-corrected chi connectivity index (χ3v) is 5.72. The molecule has 0 saturated carbocycles. The molecule has 7 heteroatoms. The van der Waals surface area contributed by atoms with E-state index in [-0.39, 0.29) is 17.8 Å². The Morgan fingerprint density at radius 3 is 2.73 bits per heavy atom. The van der Waals surface area contributed by atoms with Crippen LogP contribution >= 0.6 is 0 Å². The molecule has 2 amide bonds. The molecule has 1 aromatic rings. The van der Waals surface area contributed by atoms with E-state index in [4.69, 9.17) is 0 Å². The Labute approximate surface area is 131 Å². The summed E-state index contributed by atoms with van der Waals surface area (Å²) in [5, 5.41) is 5.62. The minimum Gasteiger partial charge on any atom is -0.335 e. The van der Waals surface area contributed by atoms with Crippen molar-refractivity contribution < 1.29 is 13.2 Å². The number of hydrogen-bond acceptors (Lipinski definition) is 3. The van der Waals surface area contributed by atoms with Crippen molar-refractivity contribution >= 4 is 27.4 Å². The number of aryl methyl sites for hydroxylation is 1. The van der Waals surface area contributed by atoms with E-state index >= 15 is 0 Å². The summed E-state index contributed by atoms with van der Waals surface area (Å²) in [5.74, 6) is 0.179. The smallest absolute Gasteiger partial charge is 0.319 e. The van der Waals surface area contributed by atoms with Crippen LogP contribution in [0.15, 0.2) is 18.2 Å². The van der Waals surface area contributed by atoms with Gasteiger partial charge in [0.1, 0.15) is 0 Å². The first-order chi connectivity index (χ1) is 10.3. The van der Waals surface area contributed by atoms with Crippen LogP contribution in [0.1, 0.15) is 32.3 Å². The summed E-state index contributed by atoms with van der Waals surface area (Å²) < 4.78 is 25.4. The van der Waals surface area contributed by atoms with Crippen molar-refractivity contribution in [3.8, 4) is 0 Å². The first-order valence-corrected chi connectivity index (χ1v) is 9.13. The van der Waals surface area contributed by atoms with E-state index in [2.05, 4.69) is 10.6 Å². The molecule has 0 radical (unpaired) electrons. The van der Waals surface area contributed by atoms with Gasteiger partial charge >= 0.3 is 6.03 Å². The van der Waals surface area contributed by atoms with E-state index in [1.807, 2.05) is 26.8 Å². The number of urea groups is 1. The second-order valence-electron chi connectivity index (χ2n) is 5.65. The lowest BCUT2D eigenvalue weighted by atomic mass is 10.1. The predicted molar refractivity (Wildman–Crippen MR) is 88.8 cm³/mol. The van der Waals surface area contributed by atoms with Crippen LogP contribution in [0.5, 0.6) is 0 Å². The average Bonchev–Trinajstić information content (AvgIpc) is 2.80. The monoisotopic (exact) mass is 325 g/mol. The second kappa shape index (κ2) is 6.56. The fraction of sp³-hybridized carbons (Fsp3) is 0.533. The highest BCUT2D eigenvalue weighted by molar-refractivity contribution is 7.93. The van der Waals surface area contributed by atoms with Crippen LogP contribution in [0.4, 0.5) is 16.2 Å². The molecule has 1 aromatic carbocycles. The number of benzene rings is 1. The Bertz CT molecular complexity index is 658. The van der Waals surface area contributed by atoms with Gasteiger partial charge in [0.15, 0.2) is 0 Å². The topological polar surface area (TPSA) is 78.5 Å². The van der Waals surface area contributed by atoms with Crippen LogP contribution in [-0.4, -0.2) is 32.8 Å². The molecular weight excluding hydrogens is 302 g/mol. The van der Waals surface area contributed by atoms with Gasteiger partial charge in [-0.1, -0.05) is 13.0 Å². The van der Waals surface area contributed by atoms with Crippen molar-refractivity contribution in [1.29, 1.82) is 0 Å². The Morgan fingerprint density at radius 1 is 1.41 bits per heavy atom. The summed E-state index contributed by atoms with van der Waals surface area (Å²) in [7, 11) is -3.22. The molecule has 1 unspecified atom stereocenters. The normalized spacial score (nSPS) is 18.0. The molecule has 6 nitrogen and oxygen atoms in total. The molecule has 1 saturated heterocycles. The maximum Gasteiger partial charge on any atom is 0.319 e. The molecule has 0 aliphatic carbocycles. The van der Waals surface area contributed by atoms with Crippen LogP contribution in [0.2, 0.25) is 0 Å². The fourth-order valence-corrected chi connectivity index (χ4v) is 3.87. The average molecular weight is 325 g/mol. The molecule has 1 fully saturated rings. The largest absolute Gasteiger partial charge is 0.335 e. The minimum atomic E-state index is -3.22. The van der Waals surface area contributed by atoms with Gasteiger partial charge in [0.25, 0.3) is 0 Å². The third kappa shape index (κ3) is 3.71. The second-order valence-corrected chi connectivity index (χ2v) is 7.66. The molecule has 2 rings (SSSR count). The zero-order valence-corrected chi connectivity index (χ0v) is 14.0. The number of amides is 2. The van der Waals surface area contributed by atoms with Gasteiger partial charge < -0.3 is 10.6 Å². The van der Waals surface area contributed by atoms with Gasteiger partial charge in [-0.15, -0.1) is 0 Å². The number of hydrogen-bond donors (Lipinski definition) is 2. The molecule has 2 N–H and O–H groups in total. The first kappa shape index (κ1) is 16.6. The van der Waals surface area contributed by atoms with Crippen molar-refractivity contribution in [2.75, 3.05) is 21.9 Å². The summed E-state index contributed by atoms with van der Waals surface area (Å²) in [6, 6.07) is 5.12. The molecule has 0 spiro atoms. The quantitative estimate of drug-likeness (QED) is 0.892. The number of anilines is 2. The van der Waals surface area contributed by atoms with Gasteiger partial charge in [-0.05, 0) is 44.4 Å². The summed E-state index contributed by atoms with van der Waals surface area (Å²) in [4.78, 5) is 11.9. The highest BCUT2D eigenvalue weighted by Gasteiger charge is 2.28. The number of sulfonamides is 1. The van der Waals surface area contributed by atoms with Crippen LogP contribution in [0.25, 0.3) is 0 Å². The highest BCUT2D eigenvalue weighted by Crippen LogP contribution is 2.28. The van der Waals surface area contributed by atoms with Crippen molar-refractivity contribution in [3.05, 3.63) is 23.8 Å². The zero-order chi connectivity index (χ0) is 16.3. The van der Waals surface area contributed by atoms with E-state index in [9.17, 15) is 13.2 Å². The number of carbonyl (C=O) groups excluding carboxylic acids is 1. The van der Waals surface area contributed by atoms with Crippen molar-refractivity contribution in [3.63, 3.8) is 0 Å². The van der Waals surface area contributed by atoms with Crippen LogP contribution in [0.3, 0.4) is 0 Å². The first-order valence-electron chi connectivity index (χ1n) is 7.52. The Balaban J connectivity index is 2.19. The van der Waals surface area contributed by atoms with Gasteiger partial charge in [0.2, 0.25) is 10.0 Å². The van der Waals surface area contributed by atoms with E-state index in [1.165, 1.54) is 4.31 Å². The summed E-state index contributed by atoms with van der Waals surface area (Å²) >= 11 is 0. The van der Waals surface area contributed by atoms with Gasteiger partial charge in [-0.25, -0.2) is 13.2 Å². The molecule has 1 aliphatic heterocycles. The standard InChI is InChI=1S/C15H23N3O3S/c1-4-12(3)16-15(19)17-14-10-13(7-6-11(14)2)18-8-5-9-22(18,20)21/h6-7,10,12H,4-5,8-9H2,1-3H3,(H2,16,17,19). The third-order valence-electron chi connectivity index (χ3n) is 3.85. The Kier molecular flexibility index (Phi) is 4.95. The van der Waals surface area contributed by atoms with Crippen LogP contribution < -0.4 is 14.9 Å². The van der Waals surface area contributed by atoms with Gasteiger partial charge in [-0.3, -0.25) is 4.31 Å². The number of nitrogens with one attached hydrogen (secondary N) is 2.